The van der Waals surface area contributed by atoms with Crippen molar-refractivity contribution in [3.8, 4) is 0 Å². The number of carbonyl (C=O) groups excluding carboxylic acids is 3. The van der Waals surface area contributed by atoms with Crippen molar-refractivity contribution < 1.29 is 33.3 Å². The lowest BCUT2D eigenvalue weighted by Gasteiger charge is -2.54. The minimum atomic E-state index is -1.91. The molecule has 24 heavy (non-hydrogen) atoms. The van der Waals surface area contributed by atoms with E-state index in [2.05, 4.69) is 0 Å². The van der Waals surface area contributed by atoms with E-state index < -0.39 is 27.4 Å². The fraction of sp³-hybridized carbons (Fsp3) is 0.667. The van der Waals surface area contributed by atoms with Gasteiger partial charge in [0.1, 0.15) is 0 Å². The molecule has 2 aliphatic heterocycles. The van der Waals surface area contributed by atoms with Gasteiger partial charge < -0.3 is 14.2 Å². The van der Waals surface area contributed by atoms with Crippen LogP contribution in [-0.2, 0) is 33.3 Å². The first-order valence-corrected chi connectivity index (χ1v) is 8.96. The van der Waals surface area contributed by atoms with Crippen molar-refractivity contribution in [2.45, 2.75) is 43.5 Å². The first-order chi connectivity index (χ1) is 11.1. The molecule has 9 heteroatoms. The first-order valence-electron chi connectivity index (χ1n) is 7.16. The Bertz CT molecular complexity index is 615. The summed E-state index contributed by atoms with van der Waals surface area (Å²) in [6.07, 6.45) is 0. The van der Waals surface area contributed by atoms with Gasteiger partial charge in [-0.05, 0) is 20.8 Å². The van der Waals surface area contributed by atoms with E-state index in [-0.39, 0.29) is 17.3 Å². The predicted molar refractivity (Wildman–Crippen MR) is 89.2 cm³/mol. The van der Waals surface area contributed by atoms with Crippen LogP contribution in [-0.4, -0.2) is 53.2 Å². The van der Waals surface area contributed by atoms with E-state index in [1.807, 2.05) is 0 Å². The Morgan fingerprint density at radius 3 is 2.08 bits per heavy atom. The van der Waals surface area contributed by atoms with E-state index in [0.717, 1.165) is 11.8 Å². The fourth-order valence-corrected chi connectivity index (χ4v) is 5.47. The number of ketones is 3. The molecule has 0 saturated carbocycles. The minimum absolute atomic E-state index is 0.0578. The molecule has 0 aromatic heterocycles. The lowest BCUT2D eigenvalue weighted by atomic mass is 10.1. The second kappa shape index (κ2) is 6.45. The molecule has 1 saturated heterocycles. The normalized spacial score (nSPS) is 31.9. The summed E-state index contributed by atoms with van der Waals surface area (Å²) in [7, 11) is 2.77. The Kier molecular flexibility index (Phi) is 5.23. The van der Waals surface area contributed by atoms with Gasteiger partial charge in [0, 0.05) is 31.8 Å². The molecule has 2 atom stereocenters. The second-order valence-corrected chi connectivity index (χ2v) is 8.11. The van der Waals surface area contributed by atoms with Gasteiger partial charge in [-0.2, -0.15) is 0 Å². The van der Waals surface area contributed by atoms with Gasteiger partial charge in [-0.15, -0.1) is 11.8 Å². The molecule has 0 aliphatic carbocycles. The standard InChI is InChI=1S/C15H20O7S2/c1-8(16)12-9(2)24-13(19-5)7-23-14(10(3)17,11(4)18)22-15(13,20-6)21-12/h7H2,1-6H3/t13-,15-/m0/s1. The molecule has 2 heterocycles. The van der Waals surface area contributed by atoms with E-state index in [1.54, 1.807) is 6.92 Å². The molecule has 134 valence electrons. The van der Waals surface area contributed by atoms with Crippen LogP contribution in [0.4, 0.5) is 0 Å². The summed E-state index contributed by atoms with van der Waals surface area (Å²) in [5.74, 6) is -2.95. The number of allylic oxidation sites excluding steroid dienone is 2. The smallest absolute Gasteiger partial charge is 0.371 e. The average Bonchev–Trinajstić information content (AvgIpc) is 2.52. The summed E-state index contributed by atoms with van der Waals surface area (Å²) in [6, 6.07) is 0. The summed E-state index contributed by atoms with van der Waals surface area (Å²) in [5, 5.41) is 0. The molecule has 0 unspecified atom stereocenters. The van der Waals surface area contributed by atoms with Crippen molar-refractivity contribution in [3.63, 3.8) is 0 Å². The highest BCUT2D eigenvalue weighted by Gasteiger charge is 2.70. The van der Waals surface area contributed by atoms with E-state index in [1.165, 1.54) is 46.8 Å². The van der Waals surface area contributed by atoms with Crippen LogP contribution in [0.1, 0.15) is 27.7 Å². The number of fused-ring (bicyclic) bond motifs is 1. The maximum atomic E-state index is 12.2. The van der Waals surface area contributed by atoms with Crippen molar-refractivity contribution in [2.24, 2.45) is 0 Å². The Morgan fingerprint density at radius 2 is 1.67 bits per heavy atom. The third-order valence-corrected chi connectivity index (χ3v) is 7.11. The number of rotatable bonds is 5. The zero-order valence-corrected chi connectivity index (χ0v) is 16.0. The van der Waals surface area contributed by atoms with Crippen LogP contribution in [0.15, 0.2) is 10.7 Å². The van der Waals surface area contributed by atoms with Gasteiger partial charge >= 0.3 is 5.97 Å². The van der Waals surface area contributed by atoms with Gasteiger partial charge in [0.2, 0.25) is 9.87 Å². The third kappa shape index (κ3) is 2.62. The zero-order valence-electron chi connectivity index (χ0n) is 14.4. The minimum Gasteiger partial charge on any atom is -0.431 e. The van der Waals surface area contributed by atoms with Crippen molar-refractivity contribution in [1.82, 2.24) is 0 Å². The number of ether oxygens (including phenoxy) is 4. The molecule has 0 amide bonds. The number of thioether (sulfide) groups is 2. The molecule has 7 nitrogen and oxygen atoms in total. The number of hydrogen-bond acceptors (Lipinski definition) is 9. The lowest BCUT2D eigenvalue weighted by Crippen LogP contribution is -2.69. The summed E-state index contributed by atoms with van der Waals surface area (Å²) < 4.78 is 22.7. The van der Waals surface area contributed by atoms with Crippen LogP contribution >= 0.6 is 23.5 Å². The van der Waals surface area contributed by atoms with Gasteiger partial charge in [0.05, 0.1) is 0 Å². The molecule has 0 radical (unpaired) electrons. The Morgan fingerprint density at radius 1 is 1.08 bits per heavy atom. The van der Waals surface area contributed by atoms with E-state index >= 15 is 0 Å². The van der Waals surface area contributed by atoms with Gasteiger partial charge in [-0.3, -0.25) is 19.1 Å². The largest absolute Gasteiger partial charge is 0.431 e. The van der Waals surface area contributed by atoms with Gasteiger partial charge in [0.15, 0.2) is 23.1 Å². The van der Waals surface area contributed by atoms with E-state index in [4.69, 9.17) is 18.9 Å². The van der Waals surface area contributed by atoms with Crippen LogP contribution in [0.2, 0.25) is 0 Å². The predicted octanol–water partition coefficient (Wildman–Crippen LogP) is 1.85. The molecule has 0 spiro atoms. The number of carbonyl (C=O) groups is 3. The summed E-state index contributed by atoms with van der Waals surface area (Å²) in [4.78, 5) is 33.9. The molecular weight excluding hydrogens is 356 g/mol. The zero-order chi connectivity index (χ0) is 18.3. The highest BCUT2D eigenvalue weighted by Crippen LogP contribution is 2.58. The average molecular weight is 376 g/mol. The van der Waals surface area contributed by atoms with Crippen LogP contribution < -0.4 is 0 Å². The quantitative estimate of drug-likeness (QED) is 0.667. The molecule has 0 aromatic carbocycles. The topological polar surface area (TPSA) is 88.1 Å². The molecule has 0 bridgehead atoms. The Hall–Kier alpha value is -0.870. The van der Waals surface area contributed by atoms with Crippen LogP contribution in [0, 0.1) is 0 Å². The summed E-state index contributed by atoms with van der Waals surface area (Å²) in [6.45, 7) is 5.61. The molecular formula is C15H20O7S2. The maximum Gasteiger partial charge on any atom is 0.371 e. The number of methoxy groups -OCH3 is 2. The molecule has 0 aromatic rings. The number of hydrogen-bond donors (Lipinski definition) is 0. The SMILES string of the molecule is CO[C@]12OC(C(C)=O)=C(C)S[C@@]1(OC)CSC(C(C)=O)(C(C)=O)O2. The Labute approximate surface area is 148 Å². The van der Waals surface area contributed by atoms with Crippen LogP contribution in [0.5, 0.6) is 0 Å². The maximum absolute atomic E-state index is 12.2. The lowest BCUT2D eigenvalue weighted by molar-refractivity contribution is -0.413. The molecule has 2 aliphatic rings. The highest BCUT2D eigenvalue weighted by atomic mass is 32.2. The third-order valence-electron chi connectivity index (χ3n) is 3.93. The van der Waals surface area contributed by atoms with Gasteiger partial charge in [-0.25, -0.2) is 0 Å². The highest BCUT2D eigenvalue weighted by molar-refractivity contribution is 8.07. The summed E-state index contributed by atoms with van der Waals surface area (Å²) in [5.41, 5.74) is 0. The van der Waals surface area contributed by atoms with Crippen molar-refractivity contribution in [1.29, 1.82) is 0 Å². The van der Waals surface area contributed by atoms with Gasteiger partial charge in [0.25, 0.3) is 0 Å². The fourth-order valence-electron chi connectivity index (χ4n) is 2.65. The van der Waals surface area contributed by atoms with Gasteiger partial charge in [-0.1, -0.05) is 11.8 Å². The van der Waals surface area contributed by atoms with Crippen molar-refractivity contribution >= 4 is 40.9 Å². The number of Topliss-reactive ketones (excluding diaryl/α,β-unsaturated/α-hetero) is 3. The Balaban J connectivity index is 2.62. The van der Waals surface area contributed by atoms with Crippen molar-refractivity contribution in [2.75, 3.05) is 20.0 Å². The van der Waals surface area contributed by atoms with E-state index in [9.17, 15) is 14.4 Å². The molecule has 0 N–H and O–H groups in total. The van der Waals surface area contributed by atoms with Crippen LogP contribution in [0.25, 0.3) is 0 Å². The monoisotopic (exact) mass is 376 g/mol. The summed E-state index contributed by atoms with van der Waals surface area (Å²) >= 11 is 2.25. The molecule has 2 rings (SSSR count). The molecule has 1 fully saturated rings. The van der Waals surface area contributed by atoms with Crippen LogP contribution in [0.3, 0.4) is 0 Å². The van der Waals surface area contributed by atoms with E-state index in [0.29, 0.717) is 4.91 Å². The second-order valence-electron chi connectivity index (χ2n) is 5.48. The first kappa shape index (κ1) is 19.5. The van der Waals surface area contributed by atoms with Crippen molar-refractivity contribution in [3.05, 3.63) is 10.7 Å².